The lowest BCUT2D eigenvalue weighted by Gasteiger charge is -1.94. The van der Waals surface area contributed by atoms with E-state index < -0.39 is 0 Å². The van der Waals surface area contributed by atoms with Gasteiger partial charge in [-0.2, -0.15) is 5.26 Å². The normalized spacial score (nSPS) is 10.5. The third-order valence-corrected chi connectivity index (χ3v) is 2.44. The summed E-state index contributed by atoms with van der Waals surface area (Å²) in [5, 5.41) is 8.85. The zero-order chi connectivity index (χ0) is 10.8. The molecule has 3 nitrogen and oxygen atoms in total. The van der Waals surface area contributed by atoms with Crippen molar-refractivity contribution in [2.45, 2.75) is 26.7 Å². The molecule has 3 heteroatoms. The van der Waals surface area contributed by atoms with Crippen LogP contribution in [-0.2, 0) is 6.42 Å². The highest BCUT2D eigenvalue weighted by atomic mass is 14.9. The fourth-order valence-corrected chi connectivity index (χ4v) is 1.76. The Morgan fingerprint density at radius 3 is 2.93 bits per heavy atom. The number of nitrogens with zero attached hydrogens (tertiary/aromatic N) is 2. The summed E-state index contributed by atoms with van der Waals surface area (Å²) in [6.45, 7) is 4.11. The van der Waals surface area contributed by atoms with Crippen LogP contribution in [0.2, 0.25) is 0 Å². The van der Waals surface area contributed by atoms with Gasteiger partial charge in [0, 0.05) is 6.42 Å². The fourth-order valence-electron chi connectivity index (χ4n) is 1.76. The quantitative estimate of drug-likeness (QED) is 0.808. The maximum absolute atomic E-state index is 8.85. The highest BCUT2D eigenvalue weighted by molar-refractivity contribution is 5.80. The van der Waals surface area contributed by atoms with Gasteiger partial charge in [-0.3, -0.25) is 0 Å². The molecular formula is C12H13N3. The number of hydrogen-bond acceptors (Lipinski definition) is 2. The van der Waals surface area contributed by atoms with Crippen molar-refractivity contribution in [3.8, 4) is 6.07 Å². The smallest absolute Gasteiger partial charge is 0.107 e. The molecule has 1 heterocycles. The van der Waals surface area contributed by atoms with E-state index in [1.54, 1.807) is 0 Å². The number of aryl methyl sites for hydroxylation is 2. The molecule has 0 aliphatic carbocycles. The molecular weight excluding hydrogens is 186 g/mol. The van der Waals surface area contributed by atoms with Crippen LogP contribution in [0.4, 0.5) is 0 Å². The summed E-state index contributed by atoms with van der Waals surface area (Å²) in [5.74, 6) is 1.01. The van der Waals surface area contributed by atoms with Crippen molar-refractivity contribution in [2.24, 2.45) is 0 Å². The number of rotatable bonds is 2. The van der Waals surface area contributed by atoms with Crippen LogP contribution in [0.25, 0.3) is 11.0 Å². The molecule has 1 N–H and O–H groups in total. The molecule has 0 fully saturated rings. The van der Waals surface area contributed by atoms with Crippen LogP contribution in [0.1, 0.15) is 30.3 Å². The zero-order valence-electron chi connectivity index (χ0n) is 8.96. The van der Waals surface area contributed by atoms with Gasteiger partial charge in [-0.05, 0) is 31.0 Å². The van der Waals surface area contributed by atoms with Crippen molar-refractivity contribution in [1.29, 1.82) is 5.26 Å². The number of nitrogens with one attached hydrogen (secondary N) is 1. The van der Waals surface area contributed by atoms with Crippen molar-refractivity contribution in [1.82, 2.24) is 9.97 Å². The van der Waals surface area contributed by atoms with Crippen LogP contribution in [0.3, 0.4) is 0 Å². The molecule has 0 amide bonds. The summed E-state index contributed by atoms with van der Waals surface area (Å²) in [7, 11) is 0. The van der Waals surface area contributed by atoms with E-state index in [1.165, 1.54) is 0 Å². The number of aromatic nitrogens is 2. The zero-order valence-corrected chi connectivity index (χ0v) is 8.96. The van der Waals surface area contributed by atoms with Crippen LogP contribution >= 0.6 is 0 Å². The van der Waals surface area contributed by atoms with E-state index in [4.69, 9.17) is 5.26 Å². The topological polar surface area (TPSA) is 52.5 Å². The van der Waals surface area contributed by atoms with E-state index in [1.807, 2.05) is 19.1 Å². The summed E-state index contributed by atoms with van der Waals surface area (Å²) >= 11 is 0. The van der Waals surface area contributed by atoms with E-state index >= 15 is 0 Å². The Kier molecular flexibility index (Phi) is 2.42. The number of nitriles is 1. The van der Waals surface area contributed by atoms with Crippen molar-refractivity contribution < 1.29 is 0 Å². The Hall–Kier alpha value is -1.82. The average molecular weight is 199 g/mol. The molecule has 15 heavy (non-hydrogen) atoms. The second-order valence-corrected chi connectivity index (χ2v) is 3.73. The number of aromatic amines is 1. The lowest BCUT2D eigenvalue weighted by atomic mass is 10.1. The second kappa shape index (κ2) is 3.74. The molecule has 2 rings (SSSR count). The molecule has 0 spiro atoms. The summed E-state index contributed by atoms with van der Waals surface area (Å²) in [6, 6.07) is 5.88. The Morgan fingerprint density at radius 1 is 1.47 bits per heavy atom. The number of H-pyrrole nitrogens is 1. The van der Waals surface area contributed by atoms with Gasteiger partial charge < -0.3 is 4.98 Å². The minimum atomic E-state index is 0.687. The first-order valence-electron chi connectivity index (χ1n) is 5.14. The monoisotopic (exact) mass is 199 g/mol. The molecule has 1 aromatic carbocycles. The van der Waals surface area contributed by atoms with Gasteiger partial charge in [0.1, 0.15) is 5.82 Å². The van der Waals surface area contributed by atoms with Crippen molar-refractivity contribution in [2.75, 3.05) is 0 Å². The van der Waals surface area contributed by atoms with Gasteiger partial charge in [0.05, 0.1) is 22.7 Å². The largest absolute Gasteiger partial charge is 0.342 e. The molecule has 0 bridgehead atoms. The Balaban J connectivity index is 2.60. The number of benzene rings is 1. The van der Waals surface area contributed by atoms with E-state index in [0.29, 0.717) is 5.56 Å². The summed E-state index contributed by atoms with van der Waals surface area (Å²) in [6.07, 6.45) is 2.03. The molecule has 0 saturated carbocycles. The van der Waals surface area contributed by atoms with E-state index in [2.05, 4.69) is 23.0 Å². The van der Waals surface area contributed by atoms with Crippen molar-refractivity contribution in [3.63, 3.8) is 0 Å². The molecule has 76 valence electrons. The lowest BCUT2D eigenvalue weighted by Crippen LogP contribution is -1.84. The Bertz CT molecular complexity index is 532. The number of fused-ring (bicyclic) bond motifs is 1. The van der Waals surface area contributed by atoms with Crippen LogP contribution in [0, 0.1) is 18.3 Å². The average Bonchev–Trinajstić information content (AvgIpc) is 2.61. The minimum Gasteiger partial charge on any atom is -0.342 e. The van der Waals surface area contributed by atoms with Gasteiger partial charge in [-0.25, -0.2) is 4.98 Å². The highest BCUT2D eigenvalue weighted by Gasteiger charge is 2.06. The van der Waals surface area contributed by atoms with Gasteiger partial charge in [-0.1, -0.05) is 6.92 Å². The molecule has 0 saturated heterocycles. The summed E-state index contributed by atoms with van der Waals surface area (Å²) in [5.41, 5.74) is 3.70. The molecule has 0 unspecified atom stereocenters. The Morgan fingerprint density at radius 2 is 2.27 bits per heavy atom. The molecule has 0 radical (unpaired) electrons. The number of imidazole rings is 1. The first-order chi connectivity index (χ1) is 7.24. The van der Waals surface area contributed by atoms with Gasteiger partial charge >= 0.3 is 0 Å². The third-order valence-electron chi connectivity index (χ3n) is 2.44. The fraction of sp³-hybridized carbons (Fsp3) is 0.333. The molecule has 0 aliphatic rings. The highest BCUT2D eigenvalue weighted by Crippen LogP contribution is 2.18. The first-order valence-corrected chi connectivity index (χ1v) is 5.14. The second-order valence-electron chi connectivity index (χ2n) is 3.73. The van der Waals surface area contributed by atoms with Gasteiger partial charge in [0.2, 0.25) is 0 Å². The third kappa shape index (κ3) is 1.71. The molecule has 0 aliphatic heterocycles. The van der Waals surface area contributed by atoms with E-state index in [-0.39, 0.29) is 0 Å². The summed E-state index contributed by atoms with van der Waals surface area (Å²) in [4.78, 5) is 7.76. The van der Waals surface area contributed by atoms with E-state index in [9.17, 15) is 0 Å². The van der Waals surface area contributed by atoms with Crippen LogP contribution in [0.15, 0.2) is 12.1 Å². The lowest BCUT2D eigenvalue weighted by molar-refractivity contribution is 0.861. The van der Waals surface area contributed by atoms with Gasteiger partial charge in [0.15, 0.2) is 0 Å². The predicted octanol–water partition coefficient (Wildman–Crippen LogP) is 2.70. The van der Waals surface area contributed by atoms with E-state index in [0.717, 1.165) is 35.3 Å². The SMILES string of the molecule is CCCc1nc2c(C)cc(C#N)cc2[nH]1. The molecule has 2 aromatic rings. The van der Waals surface area contributed by atoms with Crippen molar-refractivity contribution >= 4 is 11.0 Å². The maximum Gasteiger partial charge on any atom is 0.107 e. The summed E-state index contributed by atoms with van der Waals surface area (Å²) < 4.78 is 0. The number of hydrogen-bond donors (Lipinski definition) is 1. The van der Waals surface area contributed by atoms with Crippen LogP contribution < -0.4 is 0 Å². The van der Waals surface area contributed by atoms with Gasteiger partial charge in [-0.15, -0.1) is 0 Å². The standard InChI is InChI=1S/C12H13N3/c1-3-4-11-14-10-6-9(7-13)5-8(2)12(10)15-11/h5-6H,3-4H2,1-2H3,(H,14,15). The predicted molar refractivity (Wildman–Crippen MR) is 59.5 cm³/mol. The molecule has 0 atom stereocenters. The van der Waals surface area contributed by atoms with Gasteiger partial charge in [0.25, 0.3) is 0 Å². The Labute approximate surface area is 88.8 Å². The minimum absolute atomic E-state index is 0.687. The molecule has 1 aromatic heterocycles. The maximum atomic E-state index is 8.85. The van der Waals surface area contributed by atoms with Crippen molar-refractivity contribution in [3.05, 3.63) is 29.1 Å². The van der Waals surface area contributed by atoms with Crippen LogP contribution in [0.5, 0.6) is 0 Å². The first kappa shape index (κ1) is 9.72. The van der Waals surface area contributed by atoms with Crippen LogP contribution in [-0.4, -0.2) is 9.97 Å².